The third-order valence-corrected chi connectivity index (χ3v) is 4.50. The van der Waals surface area contributed by atoms with Crippen molar-refractivity contribution in [3.8, 4) is 0 Å². The predicted octanol–water partition coefficient (Wildman–Crippen LogP) is 3.51. The second-order valence-electron chi connectivity index (χ2n) is 6.24. The van der Waals surface area contributed by atoms with Crippen molar-refractivity contribution in [2.24, 2.45) is 11.7 Å². The molecule has 106 valence electrons. The van der Waals surface area contributed by atoms with Crippen LogP contribution >= 0.6 is 0 Å². The van der Waals surface area contributed by atoms with Gasteiger partial charge in [0, 0.05) is 18.6 Å². The topological polar surface area (TPSA) is 29.3 Å². The van der Waals surface area contributed by atoms with Gasteiger partial charge in [-0.25, -0.2) is 0 Å². The van der Waals surface area contributed by atoms with Crippen molar-refractivity contribution in [1.29, 1.82) is 0 Å². The first-order valence-electron chi connectivity index (χ1n) is 7.64. The summed E-state index contributed by atoms with van der Waals surface area (Å²) in [7, 11) is 0. The molecule has 1 fully saturated rings. The Hall–Kier alpha value is -0.860. The van der Waals surface area contributed by atoms with Crippen LogP contribution < -0.4 is 5.73 Å². The summed E-state index contributed by atoms with van der Waals surface area (Å²) in [5, 5.41) is 0. The molecule has 1 aromatic rings. The van der Waals surface area contributed by atoms with Crippen molar-refractivity contribution in [2.45, 2.75) is 52.1 Å². The minimum Gasteiger partial charge on any atom is -0.324 e. The maximum atomic E-state index is 6.37. The zero-order valence-corrected chi connectivity index (χ0v) is 12.6. The highest BCUT2D eigenvalue weighted by molar-refractivity contribution is 5.28. The van der Waals surface area contributed by atoms with E-state index in [1.54, 1.807) is 0 Å². The Bertz CT molecular complexity index is 400. The van der Waals surface area contributed by atoms with E-state index in [4.69, 9.17) is 5.73 Å². The molecule has 2 unspecified atom stereocenters. The van der Waals surface area contributed by atoms with Crippen molar-refractivity contribution in [1.82, 2.24) is 4.90 Å². The highest BCUT2D eigenvalue weighted by Crippen LogP contribution is 2.25. The van der Waals surface area contributed by atoms with E-state index in [1.807, 2.05) is 0 Å². The summed E-state index contributed by atoms with van der Waals surface area (Å²) in [5.74, 6) is 0.761. The van der Waals surface area contributed by atoms with Gasteiger partial charge >= 0.3 is 0 Å². The van der Waals surface area contributed by atoms with E-state index in [2.05, 4.69) is 49.9 Å². The maximum Gasteiger partial charge on any atom is 0.0309 e. The maximum absolute atomic E-state index is 6.37. The monoisotopic (exact) mass is 260 g/mol. The standard InChI is InChI=1S/C17H28N2/c1-13(2)17-9-6-11-19(17)12-10-16(18)15-8-5-4-7-14(15)3/h4-5,7-8,13,16-17H,6,9-12,18H2,1-3H3. The van der Waals surface area contributed by atoms with Gasteiger partial charge in [-0.05, 0) is 49.8 Å². The van der Waals surface area contributed by atoms with Crippen LogP contribution in [0.1, 0.15) is 50.3 Å². The molecule has 1 heterocycles. The summed E-state index contributed by atoms with van der Waals surface area (Å²) in [6.45, 7) is 9.22. The second-order valence-corrected chi connectivity index (χ2v) is 6.24. The summed E-state index contributed by atoms with van der Waals surface area (Å²) >= 11 is 0. The minimum atomic E-state index is 0.176. The fraction of sp³-hybridized carbons (Fsp3) is 0.647. The molecule has 0 spiro atoms. The normalized spacial score (nSPS) is 22.1. The van der Waals surface area contributed by atoms with Gasteiger partial charge in [0.25, 0.3) is 0 Å². The Morgan fingerprint density at radius 3 is 2.74 bits per heavy atom. The highest BCUT2D eigenvalue weighted by atomic mass is 15.2. The van der Waals surface area contributed by atoms with E-state index in [0.717, 1.165) is 24.9 Å². The molecular weight excluding hydrogens is 232 g/mol. The lowest BCUT2D eigenvalue weighted by Crippen LogP contribution is -2.35. The predicted molar refractivity (Wildman–Crippen MR) is 82.2 cm³/mol. The van der Waals surface area contributed by atoms with Gasteiger partial charge in [-0.3, -0.25) is 0 Å². The number of hydrogen-bond donors (Lipinski definition) is 1. The van der Waals surface area contributed by atoms with E-state index in [1.165, 1.54) is 30.5 Å². The molecule has 2 rings (SSSR count). The van der Waals surface area contributed by atoms with Crippen LogP contribution in [0.5, 0.6) is 0 Å². The zero-order chi connectivity index (χ0) is 13.8. The van der Waals surface area contributed by atoms with Gasteiger partial charge in [-0.15, -0.1) is 0 Å². The largest absolute Gasteiger partial charge is 0.324 e. The lowest BCUT2D eigenvalue weighted by molar-refractivity contribution is 0.200. The molecule has 1 aromatic carbocycles. The van der Waals surface area contributed by atoms with Crippen LogP contribution in [0.15, 0.2) is 24.3 Å². The summed E-state index contributed by atoms with van der Waals surface area (Å²) < 4.78 is 0. The quantitative estimate of drug-likeness (QED) is 0.878. The third-order valence-electron chi connectivity index (χ3n) is 4.50. The molecule has 2 heteroatoms. The van der Waals surface area contributed by atoms with Crippen molar-refractivity contribution in [3.05, 3.63) is 35.4 Å². The number of hydrogen-bond acceptors (Lipinski definition) is 2. The Balaban J connectivity index is 1.90. The molecule has 2 N–H and O–H groups in total. The smallest absolute Gasteiger partial charge is 0.0309 e. The van der Waals surface area contributed by atoms with Gasteiger partial charge in [0.1, 0.15) is 0 Å². The van der Waals surface area contributed by atoms with E-state index >= 15 is 0 Å². The number of nitrogens with two attached hydrogens (primary N) is 1. The summed E-state index contributed by atoms with van der Waals surface area (Å²) in [4.78, 5) is 2.64. The first-order valence-corrected chi connectivity index (χ1v) is 7.64. The van der Waals surface area contributed by atoms with Crippen LogP contribution in [0, 0.1) is 12.8 Å². The van der Waals surface area contributed by atoms with Crippen LogP contribution in [-0.4, -0.2) is 24.0 Å². The van der Waals surface area contributed by atoms with Gasteiger partial charge in [-0.2, -0.15) is 0 Å². The van der Waals surface area contributed by atoms with Crippen molar-refractivity contribution >= 4 is 0 Å². The van der Waals surface area contributed by atoms with Crippen LogP contribution in [0.2, 0.25) is 0 Å². The third kappa shape index (κ3) is 3.58. The van der Waals surface area contributed by atoms with Crippen molar-refractivity contribution < 1.29 is 0 Å². The summed E-state index contributed by atoms with van der Waals surface area (Å²) in [6, 6.07) is 9.44. The van der Waals surface area contributed by atoms with E-state index in [9.17, 15) is 0 Å². The number of likely N-dealkylation sites (tertiary alicyclic amines) is 1. The second kappa shape index (κ2) is 6.53. The van der Waals surface area contributed by atoms with E-state index in [-0.39, 0.29) is 6.04 Å². The molecule has 0 bridgehead atoms. The first kappa shape index (κ1) is 14.5. The summed E-state index contributed by atoms with van der Waals surface area (Å²) in [5.41, 5.74) is 8.99. The molecule has 1 aliphatic heterocycles. The average molecular weight is 260 g/mol. The molecule has 1 aliphatic rings. The van der Waals surface area contributed by atoms with Gasteiger partial charge in [-0.1, -0.05) is 38.1 Å². The van der Waals surface area contributed by atoms with Gasteiger partial charge in [0.05, 0.1) is 0 Å². The fourth-order valence-corrected chi connectivity index (χ4v) is 3.35. The molecule has 1 saturated heterocycles. The molecular formula is C17H28N2. The van der Waals surface area contributed by atoms with Crippen LogP contribution in [-0.2, 0) is 0 Å². The molecule has 0 amide bonds. The van der Waals surface area contributed by atoms with Crippen LogP contribution in [0.25, 0.3) is 0 Å². The Morgan fingerprint density at radius 2 is 2.05 bits per heavy atom. The number of nitrogens with zero attached hydrogens (tertiary/aromatic N) is 1. The molecule has 0 saturated carbocycles. The highest BCUT2D eigenvalue weighted by Gasteiger charge is 2.26. The molecule has 19 heavy (non-hydrogen) atoms. The van der Waals surface area contributed by atoms with Gasteiger partial charge < -0.3 is 10.6 Å². The first-order chi connectivity index (χ1) is 9.09. The van der Waals surface area contributed by atoms with Gasteiger partial charge in [0.15, 0.2) is 0 Å². The molecule has 0 aromatic heterocycles. The van der Waals surface area contributed by atoms with Crippen molar-refractivity contribution in [3.63, 3.8) is 0 Å². The zero-order valence-electron chi connectivity index (χ0n) is 12.6. The SMILES string of the molecule is Cc1ccccc1C(N)CCN1CCCC1C(C)C. The number of rotatable bonds is 5. The molecule has 0 aliphatic carbocycles. The molecule has 0 radical (unpaired) electrons. The summed E-state index contributed by atoms with van der Waals surface area (Å²) in [6.07, 6.45) is 3.77. The van der Waals surface area contributed by atoms with Gasteiger partial charge in [0.2, 0.25) is 0 Å². The average Bonchev–Trinajstić information content (AvgIpc) is 2.85. The van der Waals surface area contributed by atoms with Crippen LogP contribution in [0.4, 0.5) is 0 Å². The van der Waals surface area contributed by atoms with Crippen molar-refractivity contribution in [2.75, 3.05) is 13.1 Å². The fourth-order valence-electron chi connectivity index (χ4n) is 3.35. The van der Waals surface area contributed by atoms with Crippen LogP contribution in [0.3, 0.4) is 0 Å². The lowest BCUT2D eigenvalue weighted by Gasteiger charge is -2.28. The Morgan fingerprint density at radius 1 is 1.32 bits per heavy atom. The lowest BCUT2D eigenvalue weighted by atomic mass is 9.98. The Kier molecular flexibility index (Phi) is 5.00. The molecule has 2 atom stereocenters. The van der Waals surface area contributed by atoms with E-state index in [0.29, 0.717) is 0 Å². The number of benzene rings is 1. The molecule has 2 nitrogen and oxygen atoms in total. The van der Waals surface area contributed by atoms with E-state index < -0.39 is 0 Å². The number of aryl methyl sites for hydroxylation is 1. The Labute approximate surface area is 118 Å². The minimum absolute atomic E-state index is 0.176.